The van der Waals surface area contributed by atoms with E-state index in [9.17, 15) is 18.0 Å². The molecule has 0 aromatic heterocycles. The second-order valence-corrected chi connectivity index (χ2v) is 5.29. The minimum absolute atomic E-state index is 0.239. The first kappa shape index (κ1) is 13.6. The molecule has 1 fully saturated rings. The highest BCUT2D eigenvalue weighted by Crippen LogP contribution is 2.17. The van der Waals surface area contributed by atoms with E-state index in [-0.39, 0.29) is 12.5 Å². The monoisotopic (exact) mass is 256 g/mol. The summed E-state index contributed by atoms with van der Waals surface area (Å²) < 4.78 is 35.5. The lowest BCUT2D eigenvalue weighted by Gasteiger charge is -2.30. The van der Waals surface area contributed by atoms with E-state index in [0.717, 1.165) is 5.75 Å². The Hall–Kier alpha value is -0.430. The lowest BCUT2D eigenvalue weighted by atomic mass is 10.3. The van der Waals surface area contributed by atoms with Crippen LogP contribution in [0.1, 0.15) is 6.92 Å². The summed E-state index contributed by atoms with van der Waals surface area (Å²) in [6.07, 6.45) is -4.26. The normalized spacial score (nSPS) is 22.2. The van der Waals surface area contributed by atoms with Gasteiger partial charge in [0.05, 0.1) is 13.1 Å². The summed E-state index contributed by atoms with van der Waals surface area (Å²) >= 11 is 1.77. The van der Waals surface area contributed by atoms with Gasteiger partial charge in [-0.15, -0.1) is 0 Å². The number of rotatable bonds is 3. The number of carbonyl (C=O) groups excluding carboxylic acids is 1. The lowest BCUT2D eigenvalue weighted by Crippen LogP contribution is -2.46. The third-order valence-corrected chi connectivity index (χ3v) is 3.33. The third kappa shape index (κ3) is 5.07. The van der Waals surface area contributed by atoms with Crippen LogP contribution in [0.25, 0.3) is 0 Å². The first-order chi connectivity index (χ1) is 7.38. The van der Waals surface area contributed by atoms with Gasteiger partial charge in [0.15, 0.2) is 0 Å². The van der Waals surface area contributed by atoms with Crippen LogP contribution in [0.4, 0.5) is 13.2 Å². The van der Waals surface area contributed by atoms with Gasteiger partial charge in [-0.05, 0) is 0 Å². The largest absolute Gasteiger partial charge is 0.401 e. The van der Waals surface area contributed by atoms with E-state index in [2.05, 4.69) is 5.32 Å². The summed E-state index contributed by atoms with van der Waals surface area (Å²) in [5.41, 5.74) is 0. The van der Waals surface area contributed by atoms with Gasteiger partial charge >= 0.3 is 6.18 Å². The highest BCUT2D eigenvalue weighted by molar-refractivity contribution is 7.99. The van der Waals surface area contributed by atoms with Crippen molar-refractivity contribution >= 4 is 17.7 Å². The van der Waals surface area contributed by atoms with E-state index < -0.39 is 12.7 Å². The quantitative estimate of drug-likeness (QED) is 0.820. The molecule has 0 spiro atoms. The van der Waals surface area contributed by atoms with Gasteiger partial charge in [-0.25, -0.2) is 0 Å². The van der Waals surface area contributed by atoms with Crippen molar-refractivity contribution in [2.45, 2.75) is 18.3 Å². The van der Waals surface area contributed by atoms with Crippen LogP contribution in [-0.2, 0) is 4.79 Å². The van der Waals surface area contributed by atoms with E-state index in [1.54, 1.807) is 16.7 Å². The van der Waals surface area contributed by atoms with Crippen molar-refractivity contribution in [3.8, 4) is 0 Å². The molecule has 0 bridgehead atoms. The highest BCUT2D eigenvalue weighted by atomic mass is 32.2. The van der Waals surface area contributed by atoms with Crippen molar-refractivity contribution in [3.05, 3.63) is 0 Å². The first-order valence-corrected chi connectivity index (χ1v) is 6.10. The zero-order valence-corrected chi connectivity index (χ0v) is 9.83. The Morgan fingerprint density at radius 1 is 1.56 bits per heavy atom. The van der Waals surface area contributed by atoms with Crippen molar-refractivity contribution in [1.82, 2.24) is 10.2 Å². The van der Waals surface area contributed by atoms with Crippen LogP contribution < -0.4 is 5.32 Å². The van der Waals surface area contributed by atoms with E-state index in [4.69, 9.17) is 0 Å². The molecule has 1 amide bonds. The van der Waals surface area contributed by atoms with Gasteiger partial charge in [-0.2, -0.15) is 24.9 Å². The predicted molar refractivity (Wildman–Crippen MR) is 57.4 cm³/mol. The molecule has 16 heavy (non-hydrogen) atoms. The van der Waals surface area contributed by atoms with Gasteiger partial charge in [0.2, 0.25) is 5.91 Å². The van der Waals surface area contributed by atoms with Gasteiger partial charge in [-0.3, -0.25) is 4.79 Å². The molecule has 1 N–H and O–H groups in total. The fourth-order valence-electron chi connectivity index (χ4n) is 1.47. The maximum absolute atomic E-state index is 11.8. The van der Waals surface area contributed by atoms with Crippen molar-refractivity contribution in [2.24, 2.45) is 0 Å². The number of halogens is 3. The average molecular weight is 256 g/mol. The molecule has 1 atom stereocenters. The average Bonchev–Trinajstić information content (AvgIpc) is 2.15. The molecule has 7 heteroatoms. The van der Waals surface area contributed by atoms with Crippen LogP contribution in [0, 0.1) is 0 Å². The third-order valence-electron chi connectivity index (χ3n) is 2.20. The second kappa shape index (κ2) is 5.77. The SMILES string of the molecule is CC1CN(C(=O)CNCC(F)(F)F)CCS1. The van der Waals surface area contributed by atoms with Crippen molar-refractivity contribution in [3.63, 3.8) is 0 Å². The fraction of sp³-hybridized carbons (Fsp3) is 0.889. The molecule has 3 nitrogen and oxygen atoms in total. The van der Waals surface area contributed by atoms with Crippen LogP contribution in [0.3, 0.4) is 0 Å². The van der Waals surface area contributed by atoms with Gasteiger partial charge in [0, 0.05) is 24.1 Å². The number of nitrogens with one attached hydrogen (secondary N) is 1. The van der Waals surface area contributed by atoms with Gasteiger partial charge in [0.25, 0.3) is 0 Å². The summed E-state index contributed by atoms with van der Waals surface area (Å²) in [4.78, 5) is 13.1. The first-order valence-electron chi connectivity index (χ1n) is 5.05. The smallest absolute Gasteiger partial charge is 0.340 e. The number of nitrogens with zero attached hydrogens (tertiary/aromatic N) is 1. The van der Waals surface area contributed by atoms with Crippen molar-refractivity contribution in [1.29, 1.82) is 0 Å². The lowest BCUT2D eigenvalue weighted by molar-refractivity contribution is -0.134. The Balaban J connectivity index is 2.24. The number of alkyl halides is 3. The van der Waals surface area contributed by atoms with E-state index >= 15 is 0 Å². The topological polar surface area (TPSA) is 32.3 Å². The molecular formula is C9H15F3N2OS. The van der Waals surface area contributed by atoms with Crippen LogP contribution in [-0.4, -0.2) is 54.2 Å². The minimum atomic E-state index is -4.26. The standard InChI is InChI=1S/C9H15F3N2OS/c1-7-5-14(2-3-16-7)8(15)4-13-6-9(10,11)12/h7,13H,2-6H2,1H3. The molecule has 1 rings (SSSR count). The Bertz CT molecular complexity index is 247. The molecule has 0 aromatic carbocycles. The zero-order chi connectivity index (χ0) is 12.2. The van der Waals surface area contributed by atoms with Crippen LogP contribution >= 0.6 is 11.8 Å². The molecule has 0 aromatic rings. The highest BCUT2D eigenvalue weighted by Gasteiger charge is 2.27. The fourth-order valence-corrected chi connectivity index (χ4v) is 2.48. The summed E-state index contributed by atoms with van der Waals surface area (Å²) in [5.74, 6) is 0.600. The van der Waals surface area contributed by atoms with E-state index in [1.807, 2.05) is 6.92 Å². The Kier molecular flexibility index (Phi) is 4.91. The summed E-state index contributed by atoms with van der Waals surface area (Å²) in [5, 5.41) is 2.48. The van der Waals surface area contributed by atoms with Gasteiger partial charge < -0.3 is 10.2 Å². The van der Waals surface area contributed by atoms with E-state index in [1.165, 1.54) is 0 Å². The van der Waals surface area contributed by atoms with Crippen molar-refractivity contribution in [2.75, 3.05) is 31.9 Å². The maximum atomic E-state index is 11.8. The number of hydrogen-bond acceptors (Lipinski definition) is 3. The van der Waals surface area contributed by atoms with Gasteiger partial charge in [-0.1, -0.05) is 6.92 Å². The second-order valence-electron chi connectivity index (χ2n) is 3.74. The number of hydrogen-bond donors (Lipinski definition) is 1. The summed E-state index contributed by atoms with van der Waals surface area (Å²) in [6, 6.07) is 0. The molecule has 0 saturated carbocycles. The number of thioether (sulfide) groups is 1. The van der Waals surface area contributed by atoms with E-state index in [0.29, 0.717) is 18.3 Å². The molecule has 1 aliphatic heterocycles. The molecule has 1 unspecified atom stereocenters. The molecule has 1 heterocycles. The molecule has 0 radical (unpaired) electrons. The zero-order valence-electron chi connectivity index (χ0n) is 9.01. The molecule has 94 valence electrons. The predicted octanol–water partition coefficient (Wildman–Crippen LogP) is 1.10. The summed E-state index contributed by atoms with van der Waals surface area (Å²) in [6.45, 7) is 1.90. The molecule has 1 aliphatic rings. The van der Waals surface area contributed by atoms with Crippen LogP contribution in [0.15, 0.2) is 0 Å². The summed E-state index contributed by atoms with van der Waals surface area (Å²) in [7, 11) is 0. The Morgan fingerprint density at radius 2 is 2.25 bits per heavy atom. The van der Waals surface area contributed by atoms with Crippen LogP contribution in [0.2, 0.25) is 0 Å². The molecule has 0 aliphatic carbocycles. The Labute approximate surface area is 96.7 Å². The molecule has 1 saturated heterocycles. The van der Waals surface area contributed by atoms with Gasteiger partial charge in [0.1, 0.15) is 0 Å². The number of carbonyl (C=O) groups is 1. The van der Waals surface area contributed by atoms with Crippen molar-refractivity contribution < 1.29 is 18.0 Å². The molecular weight excluding hydrogens is 241 g/mol. The maximum Gasteiger partial charge on any atom is 0.401 e. The number of amides is 1. The minimum Gasteiger partial charge on any atom is -0.340 e. The van der Waals surface area contributed by atoms with Crippen LogP contribution in [0.5, 0.6) is 0 Å². The Morgan fingerprint density at radius 3 is 2.81 bits per heavy atom.